The molecule has 0 radical (unpaired) electrons. The fourth-order valence-corrected chi connectivity index (χ4v) is 14.3. The van der Waals surface area contributed by atoms with Crippen LogP contribution in [0.25, 0.3) is 76.7 Å². The quantitative estimate of drug-likeness (QED) is 0.165. The van der Waals surface area contributed by atoms with Gasteiger partial charge >= 0.3 is 0 Å². The Bertz CT molecular complexity index is 3770. The summed E-state index contributed by atoms with van der Waals surface area (Å²) >= 11 is 1.90. The first-order valence-electron chi connectivity index (χ1n) is 22.1. The lowest BCUT2D eigenvalue weighted by Crippen LogP contribution is -2.33. The van der Waals surface area contributed by atoms with Gasteiger partial charge in [0, 0.05) is 43.4 Å². The van der Waals surface area contributed by atoms with Crippen molar-refractivity contribution in [3.8, 4) is 33.6 Å². The van der Waals surface area contributed by atoms with Crippen LogP contribution < -0.4 is 4.90 Å². The minimum atomic E-state index is -0.593. The van der Waals surface area contributed by atoms with Crippen molar-refractivity contribution in [1.29, 1.82) is 0 Å². The van der Waals surface area contributed by atoms with Crippen LogP contribution in [0.3, 0.4) is 0 Å². The maximum Gasteiger partial charge on any atom is 0.0937 e. The van der Waals surface area contributed by atoms with Crippen molar-refractivity contribution in [2.24, 2.45) is 0 Å². The summed E-state index contributed by atoms with van der Waals surface area (Å²) in [6, 6.07) is 53.4. The molecule has 1 spiro atoms. The molecule has 4 aliphatic carbocycles. The lowest BCUT2D eigenvalue weighted by atomic mass is 9.59. The molecular weight excluding hydrogens is 783 g/mol. The van der Waals surface area contributed by atoms with Crippen LogP contribution in [0, 0.1) is 0 Å². The third-order valence-electron chi connectivity index (χ3n) is 15.6. The molecule has 4 heteroatoms. The van der Waals surface area contributed by atoms with E-state index in [0.717, 1.165) is 11.4 Å². The van der Waals surface area contributed by atoms with Crippen molar-refractivity contribution in [2.45, 2.75) is 43.9 Å². The molecule has 1 aliphatic heterocycles. The summed E-state index contributed by atoms with van der Waals surface area (Å²) in [7, 11) is 0. The van der Waals surface area contributed by atoms with E-state index < -0.39 is 5.41 Å². The predicted octanol–water partition coefficient (Wildman–Crippen LogP) is 15.2. The van der Waals surface area contributed by atoms with Crippen molar-refractivity contribution < 1.29 is 0 Å². The zero-order valence-electron chi connectivity index (χ0n) is 35.3. The molecule has 5 aliphatic rings. The van der Waals surface area contributed by atoms with Gasteiger partial charge in [0.1, 0.15) is 0 Å². The third-order valence-corrected chi connectivity index (χ3v) is 16.8. The molecule has 0 amide bonds. The number of rotatable bonds is 1. The molecule has 0 atom stereocenters. The van der Waals surface area contributed by atoms with Gasteiger partial charge in [0.25, 0.3) is 0 Å². The summed E-state index contributed by atoms with van der Waals surface area (Å²) in [6.45, 7) is 9.79. The first kappa shape index (κ1) is 34.4. The molecule has 296 valence electrons. The Morgan fingerprint density at radius 3 is 1.92 bits per heavy atom. The van der Waals surface area contributed by atoms with Crippen molar-refractivity contribution in [3.05, 3.63) is 208 Å². The molecule has 0 unspecified atom stereocenters. The van der Waals surface area contributed by atoms with Gasteiger partial charge in [-0.25, -0.2) is 0 Å². The van der Waals surface area contributed by atoms with E-state index in [1.807, 2.05) is 23.7 Å². The number of pyridine rings is 2. The summed E-state index contributed by atoms with van der Waals surface area (Å²) in [5, 5.41) is 5.37. The highest BCUT2D eigenvalue weighted by Crippen LogP contribution is 2.67. The first-order chi connectivity index (χ1) is 30.8. The van der Waals surface area contributed by atoms with E-state index in [0.29, 0.717) is 0 Å². The van der Waals surface area contributed by atoms with E-state index in [1.165, 1.54) is 126 Å². The van der Waals surface area contributed by atoms with Crippen molar-refractivity contribution in [2.75, 3.05) is 4.90 Å². The normalized spacial score (nSPS) is 16.5. The standard InChI is InChI=1S/C59H39N3S/c1-57(2)39-14-6-7-17-45(39)62(47-31-49-38(30-44(47)57)34-12-5-8-19-48(34)63-49)46-18-9-13-35-36-25-27-41-52(54(36)58(3,4)53(35)46)37-24-22-32-20-21-33-23-26-40(51(37)50(32)33)59(41)42-15-10-28-60-55(42)56-43(59)16-11-29-61-56/h5-31H,1-4H3. The van der Waals surface area contributed by atoms with Gasteiger partial charge in [0.05, 0.1) is 33.9 Å². The van der Waals surface area contributed by atoms with Crippen LogP contribution in [0.4, 0.5) is 17.1 Å². The van der Waals surface area contributed by atoms with E-state index in [1.54, 1.807) is 0 Å². The van der Waals surface area contributed by atoms with E-state index in [4.69, 9.17) is 9.97 Å². The van der Waals surface area contributed by atoms with Crippen LogP contribution in [-0.2, 0) is 16.2 Å². The molecule has 0 fully saturated rings. The van der Waals surface area contributed by atoms with Crippen LogP contribution in [0.1, 0.15) is 83.3 Å². The Kier molecular flexibility index (Phi) is 6.16. The van der Waals surface area contributed by atoms with Gasteiger partial charge in [0.15, 0.2) is 0 Å². The zero-order chi connectivity index (χ0) is 41.7. The molecule has 0 saturated heterocycles. The van der Waals surface area contributed by atoms with Crippen LogP contribution in [-0.4, -0.2) is 9.97 Å². The summed E-state index contributed by atoms with van der Waals surface area (Å²) in [6.07, 6.45) is 8.45. The molecule has 63 heavy (non-hydrogen) atoms. The van der Waals surface area contributed by atoms with Gasteiger partial charge in [-0.2, -0.15) is 0 Å². The SMILES string of the molecule is CC1(C)c2ccccc2N(c2cccc3c2C(C)(C)c2c-3ccc3c2-c2ccc4c5c(ccc(c25)C32c3cccnc3-c3ncccc32)C=C4)c2cc3sc4ccccc4c3cc21. The number of anilines is 3. The highest BCUT2D eigenvalue weighted by atomic mass is 32.1. The second-order valence-electron chi connectivity index (χ2n) is 19.2. The molecule has 0 bridgehead atoms. The summed E-state index contributed by atoms with van der Waals surface area (Å²) in [5.74, 6) is 0. The maximum atomic E-state index is 5.09. The Hall–Kier alpha value is -7.14. The molecule has 15 rings (SSSR count). The van der Waals surface area contributed by atoms with Crippen molar-refractivity contribution in [1.82, 2.24) is 9.97 Å². The average molecular weight is 822 g/mol. The smallest absolute Gasteiger partial charge is 0.0937 e. The molecule has 10 aromatic rings. The first-order valence-corrected chi connectivity index (χ1v) is 23.0. The van der Waals surface area contributed by atoms with Gasteiger partial charge in [-0.3, -0.25) is 9.97 Å². The topological polar surface area (TPSA) is 29.0 Å². The molecule has 7 aromatic carbocycles. The summed E-state index contributed by atoms with van der Waals surface area (Å²) < 4.78 is 2.65. The lowest BCUT2D eigenvalue weighted by molar-refractivity contribution is 0.630. The van der Waals surface area contributed by atoms with E-state index in [-0.39, 0.29) is 10.8 Å². The third kappa shape index (κ3) is 3.88. The molecular formula is C59H39N3S. The highest BCUT2D eigenvalue weighted by molar-refractivity contribution is 7.25. The van der Waals surface area contributed by atoms with Crippen LogP contribution in [0.5, 0.6) is 0 Å². The Morgan fingerprint density at radius 1 is 0.444 bits per heavy atom. The zero-order valence-corrected chi connectivity index (χ0v) is 36.2. The minimum Gasteiger partial charge on any atom is -0.309 e. The maximum absolute atomic E-state index is 5.09. The highest BCUT2D eigenvalue weighted by Gasteiger charge is 2.54. The summed E-state index contributed by atoms with van der Waals surface area (Å²) in [5.41, 5.74) is 22.9. The van der Waals surface area contributed by atoms with Crippen molar-refractivity contribution >= 4 is 71.5 Å². The Labute approximate surface area is 369 Å². The number of fused-ring (bicyclic) bond motifs is 18. The number of hydrogen-bond donors (Lipinski definition) is 0. The van der Waals surface area contributed by atoms with E-state index >= 15 is 0 Å². The van der Waals surface area contributed by atoms with Gasteiger partial charge in [0.2, 0.25) is 0 Å². The number of aromatic nitrogens is 2. The number of thiophene rings is 1. The van der Waals surface area contributed by atoms with Gasteiger partial charge < -0.3 is 4.90 Å². The molecule has 3 aromatic heterocycles. The second kappa shape index (κ2) is 11.3. The van der Waals surface area contributed by atoms with Gasteiger partial charge in [-0.1, -0.05) is 137 Å². The summed E-state index contributed by atoms with van der Waals surface area (Å²) in [4.78, 5) is 12.8. The number of para-hydroxylation sites is 1. The molecule has 0 N–H and O–H groups in total. The largest absolute Gasteiger partial charge is 0.309 e. The van der Waals surface area contributed by atoms with Gasteiger partial charge in [-0.05, 0) is 131 Å². The minimum absolute atomic E-state index is 0.205. The van der Waals surface area contributed by atoms with Crippen LogP contribution in [0.15, 0.2) is 152 Å². The fraction of sp³-hybridized carbons (Fsp3) is 0.119. The van der Waals surface area contributed by atoms with Crippen LogP contribution in [0.2, 0.25) is 0 Å². The monoisotopic (exact) mass is 821 g/mol. The number of nitrogens with zero attached hydrogens (tertiary/aromatic N) is 3. The van der Waals surface area contributed by atoms with E-state index in [9.17, 15) is 0 Å². The molecule has 0 saturated carbocycles. The van der Waals surface area contributed by atoms with Crippen LogP contribution >= 0.6 is 11.3 Å². The second-order valence-corrected chi connectivity index (χ2v) is 20.3. The Morgan fingerprint density at radius 2 is 1.11 bits per heavy atom. The Balaban J connectivity index is 1.04. The number of benzene rings is 7. The fourth-order valence-electron chi connectivity index (χ4n) is 13.2. The van der Waals surface area contributed by atoms with Gasteiger partial charge in [-0.15, -0.1) is 11.3 Å². The average Bonchev–Trinajstić information content (AvgIpc) is 4.04. The predicted molar refractivity (Wildman–Crippen MR) is 262 cm³/mol. The molecule has 3 nitrogen and oxygen atoms in total. The molecule has 4 heterocycles. The number of hydrogen-bond acceptors (Lipinski definition) is 4. The van der Waals surface area contributed by atoms with E-state index in [2.05, 4.69) is 184 Å². The lowest BCUT2D eigenvalue weighted by Gasteiger charge is -2.44. The van der Waals surface area contributed by atoms with Crippen molar-refractivity contribution in [3.63, 3.8) is 0 Å².